The van der Waals surface area contributed by atoms with Crippen LogP contribution in [0.3, 0.4) is 0 Å². The Kier molecular flexibility index (Phi) is 16.4. The maximum Gasteiger partial charge on any atom is 0.308 e. The Balaban J connectivity index is 3.13. The van der Waals surface area contributed by atoms with Gasteiger partial charge < -0.3 is 18.9 Å². The van der Waals surface area contributed by atoms with E-state index in [2.05, 4.69) is 6.92 Å². The van der Waals surface area contributed by atoms with Crippen LogP contribution in [0.4, 0.5) is 0 Å². The third kappa shape index (κ3) is 21.3. The summed E-state index contributed by atoms with van der Waals surface area (Å²) in [6, 6.07) is 0. The van der Waals surface area contributed by atoms with Crippen molar-refractivity contribution in [3.8, 4) is 0 Å². The number of hydrogen-bond donors (Lipinski definition) is 0. The van der Waals surface area contributed by atoms with Gasteiger partial charge in [0.25, 0.3) is 0 Å². The first-order chi connectivity index (χ1) is 12.0. The fourth-order valence-electron chi connectivity index (χ4n) is 2.25. The highest BCUT2D eigenvalue weighted by Crippen LogP contribution is 2.08. The second-order valence-corrected chi connectivity index (χ2v) is 7.29. The molecule has 150 valence electrons. The van der Waals surface area contributed by atoms with E-state index in [0.717, 1.165) is 13.0 Å². The van der Waals surface area contributed by atoms with Crippen molar-refractivity contribution >= 4 is 5.97 Å². The predicted molar refractivity (Wildman–Crippen MR) is 101 cm³/mol. The Morgan fingerprint density at radius 3 is 1.72 bits per heavy atom. The fraction of sp³-hybridized carbons (Fsp3) is 0.950. The number of esters is 1. The van der Waals surface area contributed by atoms with E-state index < -0.39 is 5.60 Å². The Morgan fingerprint density at radius 2 is 1.16 bits per heavy atom. The highest BCUT2D eigenvalue weighted by molar-refractivity contribution is 5.69. The van der Waals surface area contributed by atoms with Gasteiger partial charge in [0.1, 0.15) is 5.60 Å². The van der Waals surface area contributed by atoms with E-state index in [4.69, 9.17) is 18.9 Å². The zero-order valence-electron chi connectivity index (χ0n) is 16.9. The van der Waals surface area contributed by atoms with Crippen LogP contribution in [-0.4, -0.2) is 51.2 Å². The molecule has 0 aliphatic carbocycles. The molecule has 0 aliphatic heterocycles. The topological polar surface area (TPSA) is 54.0 Å². The number of hydrogen-bond acceptors (Lipinski definition) is 5. The highest BCUT2D eigenvalue weighted by Gasteiger charge is 2.15. The van der Waals surface area contributed by atoms with Gasteiger partial charge in [-0.1, -0.05) is 45.4 Å². The quantitative estimate of drug-likeness (QED) is 0.282. The molecular formula is C20H40O5. The number of unbranched alkanes of at least 4 members (excludes halogenated alkanes) is 6. The first kappa shape index (κ1) is 24.4. The van der Waals surface area contributed by atoms with Crippen LogP contribution < -0.4 is 0 Å². The van der Waals surface area contributed by atoms with Gasteiger partial charge in [-0.05, 0) is 27.2 Å². The molecule has 0 spiro atoms. The van der Waals surface area contributed by atoms with Crippen LogP contribution in [0.15, 0.2) is 0 Å². The van der Waals surface area contributed by atoms with E-state index in [9.17, 15) is 4.79 Å². The van der Waals surface area contributed by atoms with E-state index in [-0.39, 0.29) is 12.4 Å². The molecule has 5 heteroatoms. The SMILES string of the molecule is CCCCCCCCCOCCOCCOCCC(=O)OC(C)(C)C. The predicted octanol–water partition coefficient (Wildman–Crippen LogP) is 4.52. The summed E-state index contributed by atoms with van der Waals surface area (Å²) in [6.45, 7) is 11.2. The third-order valence-corrected chi connectivity index (χ3v) is 3.51. The van der Waals surface area contributed by atoms with Crippen molar-refractivity contribution in [3.05, 3.63) is 0 Å². The average molecular weight is 361 g/mol. The number of carbonyl (C=O) groups is 1. The number of ether oxygens (including phenoxy) is 4. The van der Waals surface area contributed by atoms with Gasteiger partial charge in [0.2, 0.25) is 0 Å². The summed E-state index contributed by atoms with van der Waals surface area (Å²) in [4.78, 5) is 11.5. The Bertz CT molecular complexity index is 299. The molecule has 0 fully saturated rings. The van der Waals surface area contributed by atoms with Crippen molar-refractivity contribution in [2.75, 3.05) is 39.6 Å². The molecule has 0 bridgehead atoms. The van der Waals surface area contributed by atoms with Crippen molar-refractivity contribution in [1.82, 2.24) is 0 Å². The van der Waals surface area contributed by atoms with Crippen LogP contribution in [0.1, 0.15) is 79.1 Å². The van der Waals surface area contributed by atoms with Crippen LogP contribution in [0.5, 0.6) is 0 Å². The molecule has 0 aromatic heterocycles. The molecule has 0 aromatic rings. The first-order valence-corrected chi connectivity index (χ1v) is 9.91. The van der Waals surface area contributed by atoms with Crippen molar-refractivity contribution < 1.29 is 23.7 Å². The van der Waals surface area contributed by atoms with Gasteiger partial charge in [-0.15, -0.1) is 0 Å². The van der Waals surface area contributed by atoms with Crippen LogP contribution >= 0.6 is 0 Å². The van der Waals surface area contributed by atoms with E-state index in [1.54, 1.807) is 0 Å². The molecule has 0 unspecified atom stereocenters. The Hall–Kier alpha value is -0.650. The lowest BCUT2D eigenvalue weighted by atomic mass is 10.1. The van der Waals surface area contributed by atoms with Crippen LogP contribution in [0.2, 0.25) is 0 Å². The smallest absolute Gasteiger partial charge is 0.308 e. The summed E-state index contributed by atoms with van der Waals surface area (Å²) in [5, 5.41) is 0. The number of carbonyl (C=O) groups excluding carboxylic acids is 1. The van der Waals surface area contributed by atoms with E-state index in [1.807, 2.05) is 20.8 Å². The van der Waals surface area contributed by atoms with Gasteiger partial charge >= 0.3 is 5.97 Å². The molecular weight excluding hydrogens is 320 g/mol. The van der Waals surface area contributed by atoms with Gasteiger partial charge in [0, 0.05) is 6.61 Å². The molecule has 0 saturated heterocycles. The van der Waals surface area contributed by atoms with Crippen molar-refractivity contribution in [1.29, 1.82) is 0 Å². The summed E-state index contributed by atoms with van der Waals surface area (Å²) in [5.41, 5.74) is -0.435. The largest absolute Gasteiger partial charge is 0.460 e. The molecule has 25 heavy (non-hydrogen) atoms. The molecule has 0 atom stereocenters. The van der Waals surface area contributed by atoms with E-state index >= 15 is 0 Å². The molecule has 0 aromatic carbocycles. The second kappa shape index (κ2) is 16.8. The highest BCUT2D eigenvalue weighted by atomic mass is 16.6. The van der Waals surface area contributed by atoms with Crippen molar-refractivity contribution in [2.24, 2.45) is 0 Å². The van der Waals surface area contributed by atoms with Crippen LogP contribution in [-0.2, 0) is 23.7 Å². The molecule has 0 radical (unpaired) electrons. The molecule has 0 heterocycles. The van der Waals surface area contributed by atoms with E-state index in [0.29, 0.717) is 33.0 Å². The minimum absolute atomic E-state index is 0.229. The summed E-state index contributed by atoms with van der Waals surface area (Å²) in [7, 11) is 0. The maximum absolute atomic E-state index is 11.5. The zero-order chi connectivity index (χ0) is 18.8. The molecule has 0 saturated carbocycles. The minimum atomic E-state index is -0.435. The summed E-state index contributed by atoms with van der Waals surface area (Å²) in [6.07, 6.45) is 9.38. The monoisotopic (exact) mass is 360 g/mol. The lowest BCUT2D eigenvalue weighted by Gasteiger charge is -2.19. The minimum Gasteiger partial charge on any atom is -0.460 e. The molecule has 0 rings (SSSR count). The summed E-state index contributed by atoms with van der Waals surface area (Å²) in [5.74, 6) is -0.229. The van der Waals surface area contributed by atoms with E-state index in [1.165, 1.54) is 38.5 Å². The van der Waals surface area contributed by atoms with Gasteiger partial charge in [0.05, 0.1) is 39.5 Å². The van der Waals surface area contributed by atoms with Crippen molar-refractivity contribution in [2.45, 2.75) is 84.7 Å². The molecule has 0 N–H and O–H groups in total. The second-order valence-electron chi connectivity index (χ2n) is 7.29. The van der Waals surface area contributed by atoms with Gasteiger partial charge in [-0.2, -0.15) is 0 Å². The first-order valence-electron chi connectivity index (χ1n) is 9.91. The fourth-order valence-corrected chi connectivity index (χ4v) is 2.25. The van der Waals surface area contributed by atoms with Gasteiger partial charge in [-0.3, -0.25) is 4.79 Å². The van der Waals surface area contributed by atoms with Gasteiger partial charge in [-0.25, -0.2) is 0 Å². The standard InChI is InChI=1S/C20H40O5/c1-5-6-7-8-9-10-11-13-22-15-17-24-18-16-23-14-12-19(21)25-20(2,3)4/h5-18H2,1-4H3. The van der Waals surface area contributed by atoms with Crippen LogP contribution in [0, 0.1) is 0 Å². The number of rotatable bonds is 17. The summed E-state index contributed by atoms with van der Waals surface area (Å²) >= 11 is 0. The average Bonchev–Trinajstić information content (AvgIpc) is 2.53. The van der Waals surface area contributed by atoms with Gasteiger partial charge in [0.15, 0.2) is 0 Å². The molecule has 0 amide bonds. The van der Waals surface area contributed by atoms with Crippen molar-refractivity contribution in [3.63, 3.8) is 0 Å². The third-order valence-electron chi connectivity index (χ3n) is 3.51. The normalized spacial score (nSPS) is 11.7. The Labute approximate surface area is 154 Å². The van der Waals surface area contributed by atoms with Crippen LogP contribution in [0.25, 0.3) is 0 Å². The lowest BCUT2D eigenvalue weighted by Crippen LogP contribution is -2.24. The Morgan fingerprint density at radius 1 is 0.680 bits per heavy atom. The molecule has 0 aliphatic rings. The lowest BCUT2D eigenvalue weighted by molar-refractivity contribution is -0.156. The summed E-state index contributed by atoms with van der Waals surface area (Å²) < 4.78 is 21.5. The zero-order valence-corrected chi connectivity index (χ0v) is 16.9. The molecule has 5 nitrogen and oxygen atoms in total. The maximum atomic E-state index is 11.5.